The molecule has 2 N–H and O–H groups in total. The summed E-state index contributed by atoms with van der Waals surface area (Å²) in [5, 5.41) is 11.1. The molecule has 0 aliphatic carbocycles. The highest BCUT2D eigenvalue weighted by molar-refractivity contribution is 6.30. The molecule has 0 saturated carbocycles. The molecule has 0 saturated heterocycles. The van der Waals surface area contributed by atoms with Crippen molar-refractivity contribution in [1.29, 1.82) is 0 Å². The van der Waals surface area contributed by atoms with Crippen LogP contribution in [0, 0.1) is 13.8 Å². The first-order valence-electron chi connectivity index (χ1n) is 8.95. The molecule has 1 aromatic heterocycles. The molecule has 7 heteroatoms. The van der Waals surface area contributed by atoms with Gasteiger partial charge in [0, 0.05) is 16.4 Å². The van der Waals surface area contributed by atoms with Crippen molar-refractivity contribution in [3.63, 3.8) is 0 Å². The van der Waals surface area contributed by atoms with Gasteiger partial charge in [0.1, 0.15) is 12.4 Å². The topological polar surface area (TPSA) is 71.8 Å². The minimum atomic E-state index is -0.428. The second-order valence-electron chi connectivity index (χ2n) is 6.92. The lowest BCUT2D eigenvalue weighted by atomic mass is 9.95. The number of rotatable bonds is 3. The molecule has 28 heavy (non-hydrogen) atoms. The van der Waals surface area contributed by atoms with Crippen LogP contribution in [0.15, 0.2) is 60.1 Å². The van der Waals surface area contributed by atoms with E-state index in [4.69, 9.17) is 11.6 Å². The molecule has 1 atom stereocenters. The molecule has 2 heterocycles. The van der Waals surface area contributed by atoms with Gasteiger partial charge in [0.25, 0.3) is 5.91 Å². The van der Waals surface area contributed by atoms with Crippen LogP contribution in [0.4, 0.5) is 11.6 Å². The molecule has 2 aromatic carbocycles. The molecule has 1 unspecified atom stereocenters. The predicted octanol–water partition coefficient (Wildman–Crippen LogP) is 4.48. The molecular weight excluding hydrogens is 374 g/mol. The number of anilines is 2. The van der Waals surface area contributed by atoms with Crippen LogP contribution in [-0.4, -0.2) is 20.7 Å². The van der Waals surface area contributed by atoms with Gasteiger partial charge in [-0.25, -0.2) is 4.68 Å². The van der Waals surface area contributed by atoms with Gasteiger partial charge < -0.3 is 10.6 Å². The van der Waals surface area contributed by atoms with Crippen LogP contribution in [0.5, 0.6) is 0 Å². The number of nitrogens with zero attached hydrogens (tertiary/aromatic N) is 3. The third kappa shape index (κ3) is 3.27. The summed E-state index contributed by atoms with van der Waals surface area (Å²) < 4.78 is 1.70. The molecule has 1 aliphatic rings. The van der Waals surface area contributed by atoms with Gasteiger partial charge in [-0.3, -0.25) is 4.79 Å². The maximum Gasteiger partial charge on any atom is 0.255 e. The summed E-state index contributed by atoms with van der Waals surface area (Å²) in [6.45, 7) is 5.87. The average Bonchev–Trinajstić information content (AvgIpc) is 3.10. The summed E-state index contributed by atoms with van der Waals surface area (Å²) in [4.78, 5) is 17.6. The smallest absolute Gasteiger partial charge is 0.255 e. The number of fused-ring (bicyclic) bond motifs is 1. The summed E-state index contributed by atoms with van der Waals surface area (Å²) in [5.41, 5.74) is 5.11. The van der Waals surface area contributed by atoms with Gasteiger partial charge in [-0.05, 0) is 50.1 Å². The Morgan fingerprint density at radius 2 is 2.00 bits per heavy atom. The van der Waals surface area contributed by atoms with Crippen LogP contribution >= 0.6 is 11.6 Å². The summed E-state index contributed by atoms with van der Waals surface area (Å²) in [6.07, 6.45) is 1.47. The van der Waals surface area contributed by atoms with Crippen molar-refractivity contribution in [2.45, 2.75) is 26.8 Å². The predicted molar refractivity (Wildman–Crippen MR) is 110 cm³/mol. The SMILES string of the molecule is CC1=C(C(=O)Nc2ccc(C)cc2C)C(c2cccc(Cl)c2)n2ncnc2N1. The van der Waals surface area contributed by atoms with Crippen molar-refractivity contribution in [3.05, 3.63) is 81.8 Å². The third-order valence-corrected chi connectivity index (χ3v) is 5.07. The molecule has 6 nitrogen and oxygen atoms in total. The first-order chi connectivity index (χ1) is 13.4. The minimum absolute atomic E-state index is 0.192. The number of aryl methyl sites for hydroxylation is 2. The standard InChI is InChI=1S/C21H20ClN5O/c1-12-7-8-17(13(2)9-12)26-20(28)18-14(3)25-21-23-11-24-27(21)19(18)15-5-4-6-16(22)10-15/h4-11,19H,1-3H3,(H,26,28)(H,23,24,25). The van der Waals surface area contributed by atoms with Gasteiger partial charge >= 0.3 is 0 Å². The molecule has 0 fully saturated rings. The summed E-state index contributed by atoms with van der Waals surface area (Å²) in [7, 11) is 0. The van der Waals surface area contributed by atoms with E-state index in [2.05, 4.69) is 20.7 Å². The fourth-order valence-electron chi connectivity index (χ4n) is 3.51. The highest BCUT2D eigenvalue weighted by Crippen LogP contribution is 2.36. The number of carbonyl (C=O) groups is 1. The van der Waals surface area contributed by atoms with Crippen LogP contribution in [0.1, 0.15) is 29.7 Å². The van der Waals surface area contributed by atoms with E-state index in [1.807, 2.05) is 57.2 Å². The van der Waals surface area contributed by atoms with Crippen molar-refractivity contribution in [3.8, 4) is 0 Å². The maximum absolute atomic E-state index is 13.3. The second-order valence-corrected chi connectivity index (χ2v) is 7.36. The summed E-state index contributed by atoms with van der Waals surface area (Å²) in [5.74, 6) is 0.397. The van der Waals surface area contributed by atoms with E-state index < -0.39 is 6.04 Å². The highest BCUT2D eigenvalue weighted by Gasteiger charge is 2.33. The van der Waals surface area contributed by atoms with Crippen LogP contribution < -0.4 is 10.6 Å². The monoisotopic (exact) mass is 393 g/mol. The van der Waals surface area contributed by atoms with Crippen molar-refractivity contribution >= 4 is 29.1 Å². The number of hydrogen-bond donors (Lipinski definition) is 2. The molecule has 0 bridgehead atoms. The molecule has 0 spiro atoms. The minimum Gasteiger partial charge on any atom is -0.328 e. The lowest BCUT2D eigenvalue weighted by molar-refractivity contribution is -0.113. The Kier molecular flexibility index (Phi) is 4.65. The van der Waals surface area contributed by atoms with Crippen molar-refractivity contribution in [2.75, 3.05) is 10.6 Å². The Bertz CT molecular complexity index is 1100. The molecule has 4 rings (SSSR count). The van der Waals surface area contributed by atoms with E-state index in [-0.39, 0.29) is 5.91 Å². The fourth-order valence-corrected chi connectivity index (χ4v) is 3.71. The van der Waals surface area contributed by atoms with E-state index in [0.717, 1.165) is 28.1 Å². The molecule has 3 aromatic rings. The van der Waals surface area contributed by atoms with Crippen molar-refractivity contribution < 1.29 is 4.79 Å². The van der Waals surface area contributed by atoms with Gasteiger partial charge in [0.15, 0.2) is 0 Å². The number of carbonyl (C=O) groups excluding carboxylic acids is 1. The number of hydrogen-bond acceptors (Lipinski definition) is 4. The Balaban J connectivity index is 1.77. The van der Waals surface area contributed by atoms with Gasteiger partial charge in [-0.15, -0.1) is 0 Å². The van der Waals surface area contributed by atoms with Gasteiger partial charge in [0.2, 0.25) is 5.95 Å². The Labute approximate surface area is 168 Å². The summed E-state index contributed by atoms with van der Waals surface area (Å²) >= 11 is 6.22. The number of aromatic nitrogens is 3. The quantitative estimate of drug-likeness (QED) is 0.688. The first kappa shape index (κ1) is 18.3. The zero-order valence-corrected chi connectivity index (χ0v) is 16.6. The van der Waals surface area contributed by atoms with Crippen LogP contribution in [-0.2, 0) is 4.79 Å². The number of benzene rings is 2. The fraction of sp³-hybridized carbons (Fsp3) is 0.190. The number of nitrogens with one attached hydrogen (secondary N) is 2. The first-order valence-corrected chi connectivity index (χ1v) is 9.33. The van der Waals surface area contributed by atoms with Crippen LogP contribution in [0.25, 0.3) is 0 Å². The van der Waals surface area contributed by atoms with Gasteiger partial charge in [-0.2, -0.15) is 10.1 Å². The van der Waals surface area contributed by atoms with E-state index >= 15 is 0 Å². The largest absolute Gasteiger partial charge is 0.328 e. The van der Waals surface area contributed by atoms with Crippen LogP contribution in [0.2, 0.25) is 5.02 Å². The lowest BCUT2D eigenvalue weighted by Crippen LogP contribution is -2.31. The molecule has 0 radical (unpaired) electrons. The third-order valence-electron chi connectivity index (χ3n) is 4.83. The summed E-state index contributed by atoms with van der Waals surface area (Å²) in [6, 6.07) is 13.0. The van der Waals surface area contributed by atoms with Gasteiger partial charge in [-0.1, -0.05) is 41.4 Å². The second kappa shape index (κ2) is 7.13. The normalized spacial score (nSPS) is 15.8. The van der Waals surface area contributed by atoms with E-state index in [0.29, 0.717) is 16.5 Å². The molecular formula is C21H20ClN5O. The van der Waals surface area contributed by atoms with Crippen molar-refractivity contribution in [2.24, 2.45) is 0 Å². The molecule has 142 valence electrons. The van der Waals surface area contributed by atoms with Crippen molar-refractivity contribution in [1.82, 2.24) is 14.8 Å². The lowest BCUT2D eigenvalue weighted by Gasteiger charge is -2.29. The Morgan fingerprint density at radius 3 is 2.75 bits per heavy atom. The average molecular weight is 394 g/mol. The maximum atomic E-state index is 13.3. The number of allylic oxidation sites excluding steroid dienone is 1. The van der Waals surface area contributed by atoms with E-state index in [1.54, 1.807) is 10.7 Å². The molecule has 1 aliphatic heterocycles. The number of halogens is 1. The molecule has 1 amide bonds. The van der Waals surface area contributed by atoms with Crippen LogP contribution in [0.3, 0.4) is 0 Å². The zero-order valence-electron chi connectivity index (χ0n) is 15.8. The number of amides is 1. The Hall–Kier alpha value is -3.12. The highest BCUT2D eigenvalue weighted by atomic mass is 35.5. The van der Waals surface area contributed by atoms with Gasteiger partial charge in [0.05, 0.1) is 5.57 Å². The zero-order chi connectivity index (χ0) is 19.8. The van der Waals surface area contributed by atoms with E-state index in [9.17, 15) is 4.79 Å². The Morgan fingerprint density at radius 1 is 1.18 bits per heavy atom. The van der Waals surface area contributed by atoms with E-state index in [1.165, 1.54) is 6.33 Å².